The molecule has 1 saturated carbocycles. The van der Waals surface area contributed by atoms with Crippen LogP contribution in [-0.2, 0) is 4.79 Å². The molecule has 44 heavy (non-hydrogen) atoms. The zero-order valence-corrected chi connectivity index (χ0v) is 25.6. The van der Waals surface area contributed by atoms with E-state index in [1.54, 1.807) is 24.3 Å². The van der Waals surface area contributed by atoms with Crippen LogP contribution in [0, 0.1) is 18.8 Å². The van der Waals surface area contributed by atoms with Gasteiger partial charge in [-0.1, -0.05) is 55.5 Å². The summed E-state index contributed by atoms with van der Waals surface area (Å²) in [6, 6.07) is 15.4. The van der Waals surface area contributed by atoms with Gasteiger partial charge in [0.1, 0.15) is 17.4 Å². The lowest BCUT2D eigenvalue weighted by Crippen LogP contribution is -2.31. The van der Waals surface area contributed by atoms with E-state index in [4.69, 9.17) is 22.3 Å². The number of hydrogen-bond donors (Lipinski definition) is 5. The molecule has 1 aliphatic carbocycles. The predicted octanol–water partition coefficient (Wildman–Crippen LogP) is 5.49. The molecule has 2 aliphatic rings. The van der Waals surface area contributed by atoms with E-state index in [1.807, 2.05) is 25.4 Å². The van der Waals surface area contributed by atoms with Crippen LogP contribution in [0.2, 0.25) is 0 Å². The van der Waals surface area contributed by atoms with Crippen molar-refractivity contribution in [2.45, 2.75) is 51.9 Å². The molecule has 1 aliphatic heterocycles. The molecule has 0 amide bonds. The van der Waals surface area contributed by atoms with E-state index in [0.29, 0.717) is 28.8 Å². The molecule has 5 rings (SSSR count). The van der Waals surface area contributed by atoms with Crippen LogP contribution >= 0.6 is 0 Å². The van der Waals surface area contributed by atoms with Gasteiger partial charge >= 0.3 is 5.97 Å². The molecule has 0 spiro atoms. The maximum atomic E-state index is 11.0. The minimum Gasteiger partial charge on any atom is -0.507 e. The van der Waals surface area contributed by atoms with Crippen LogP contribution in [0.4, 0.5) is 0 Å². The second-order valence-electron chi connectivity index (χ2n) is 11.7. The maximum Gasteiger partial charge on any atom is 0.306 e. The van der Waals surface area contributed by atoms with Crippen molar-refractivity contribution in [3.8, 4) is 16.9 Å². The third-order valence-corrected chi connectivity index (χ3v) is 8.28. The van der Waals surface area contributed by atoms with Gasteiger partial charge in [0.05, 0.1) is 11.6 Å². The van der Waals surface area contributed by atoms with Crippen LogP contribution in [-0.4, -0.2) is 44.1 Å². The SMILES string of the molecule is CC1CC=CCN(C(/C=C(\N)c2ccccc2O)=C(N)N)C1.Cc1ncc(-c2ccc(C3CCC(C(=O)O)CC3)cc2)cn1. The number of allylic oxidation sites excluding steroid dienone is 2. The lowest BCUT2D eigenvalue weighted by Gasteiger charge is -2.26. The number of hydrogen-bond acceptors (Lipinski definition) is 8. The van der Waals surface area contributed by atoms with E-state index in [9.17, 15) is 9.90 Å². The summed E-state index contributed by atoms with van der Waals surface area (Å²) in [6.07, 6.45) is 14.2. The van der Waals surface area contributed by atoms with Crippen LogP contribution in [0.5, 0.6) is 5.75 Å². The van der Waals surface area contributed by atoms with Gasteiger partial charge in [-0.25, -0.2) is 9.97 Å². The number of phenolic OH excluding ortho intramolecular Hbond substituents is 1. The fourth-order valence-electron chi connectivity index (χ4n) is 5.72. The number of rotatable bonds is 6. The first kappa shape index (κ1) is 32.1. The number of phenols is 1. The second kappa shape index (κ2) is 15.1. The molecular weight excluding hydrogens is 552 g/mol. The van der Waals surface area contributed by atoms with Crippen molar-refractivity contribution in [3.63, 3.8) is 0 Å². The Labute approximate surface area is 259 Å². The smallest absolute Gasteiger partial charge is 0.306 e. The third kappa shape index (κ3) is 8.63. The fraction of sp³-hybridized carbons (Fsp3) is 0.343. The van der Waals surface area contributed by atoms with Crippen LogP contribution in [0.15, 0.2) is 90.7 Å². The normalized spacial score (nSPS) is 20.2. The largest absolute Gasteiger partial charge is 0.507 e. The summed E-state index contributed by atoms with van der Waals surface area (Å²) in [7, 11) is 0. The van der Waals surface area contributed by atoms with Crippen LogP contribution in [0.25, 0.3) is 16.8 Å². The Morgan fingerprint density at radius 1 is 0.932 bits per heavy atom. The van der Waals surface area contributed by atoms with Crippen molar-refractivity contribution in [3.05, 3.63) is 108 Å². The van der Waals surface area contributed by atoms with Gasteiger partial charge in [-0.2, -0.15) is 0 Å². The van der Waals surface area contributed by atoms with E-state index < -0.39 is 5.97 Å². The highest BCUT2D eigenvalue weighted by Crippen LogP contribution is 2.36. The molecule has 3 aromatic rings. The summed E-state index contributed by atoms with van der Waals surface area (Å²) in [4.78, 5) is 21.6. The number of benzene rings is 2. The Morgan fingerprint density at radius 3 is 2.20 bits per heavy atom. The topological polar surface area (TPSA) is 165 Å². The zero-order valence-electron chi connectivity index (χ0n) is 25.6. The summed E-state index contributed by atoms with van der Waals surface area (Å²) in [5.74, 6) is 1.33. The van der Waals surface area contributed by atoms with E-state index in [-0.39, 0.29) is 17.5 Å². The van der Waals surface area contributed by atoms with E-state index in [0.717, 1.165) is 62.1 Å². The van der Waals surface area contributed by atoms with E-state index in [2.05, 4.69) is 58.2 Å². The standard InChI is InChI=1S/C18H20N2O2.C17H24N4O/c1-12-19-10-17(11-20-12)15-4-2-13(3-5-15)14-6-8-16(9-7-14)18(21)22;1-12-6-4-5-9-21(11-12)15(17(19)20)10-14(18)13-7-2-3-8-16(13)22/h2-5,10-11,14,16H,6-9H2,1H3,(H,21,22);2-5,7-8,10,12,22H,6,9,11,18-20H2,1H3/b;14-10-. The lowest BCUT2D eigenvalue weighted by atomic mass is 9.78. The predicted molar refractivity (Wildman–Crippen MR) is 175 cm³/mol. The van der Waals surface area contributed by atoms with Crippen molar-refractivity contribution in [2.24, 2.45) is 29.0 Å². The number of aryl methyl sites for hydroxylation is 1. The van der Waals surface area contributed by atoms with Gasteiger partial charge in [-0.05, 0) is 80.2 Å². The molecule has 2 aromatic carbocycles. The van der Waals surface area contributed by atoms with Crippen molar-refractivity contribution in [2.75, 3.05) is 13.1 Å². The Bertz CT molecular complexity index is 1490. The molecule has 0 bridgehead atoms. The molecule has 1 atom stereocenters. The Morgan fingerprint density at radius 2 is 1.59 bits per heavy atom. The highest BCUT2D eigenvalue weighted by molar-refractivity contribution is 5.70. The van der Waals surface area contributed by atoms with Gasteiger partial charge in [0.15, 0.2) is 0 Å². The molecule has 9 heteroatoms. The van der Waals surface area contributed by atoms with Crippen LogP contribution in [0.3, 0.4) is 0 Å². The molecule has 8 N–H and O–H groups in total. The molecular formula is C35H44N6O3. The highest BCUT2D eigenvalue weighted by Gasteiger charge is 2.26. The number of para-hydroxylation sites is 1. The first-order valence-corrected chi connectivity index (χ1v) is 15.1. The number of aromatic nitrogens is 2. The van der Waals surface area contributed by atoms with Gasteiger partial charge in [0.2, 0.25) is 0 Å². The fourth-order valence-corrected chi connectivity index (χ4v) is 5.72. The van der Waals surface area contributed by atoms with Gasteiger partial charge in [0, 0.05) is 42.3 Å². The number of nitrogens with zero attached hydrogens (tertiary/aromatic N) is 3. The number of carboxylic acids is 1. The first-order valence-electron chi connectivity index (χ1n) is 15.1. The van der Waals surface area contributed by atoms with Crippen molar-refractivity contribution < 1.29 is 15.0 Å². The third-order valence-electron chi connectivity index (χ3n) is 8.28. The van der Waals surface area contributed by atoms with Crippen LogP contribution < -0.4 is 17.2 Å². The summed E-state index contributed by atoms with van der Waals surface area (Å²) in [6.45, 7) is 5.65. The van der Waals surface area contributed by atoms with Crippen LogP contribution in [0.1, 0.15) is 61.9 Å². The monoisotopic (exact) mass is 596 g/mol. The lowest BCUT2D eigenvalue weighted by molar-refractivity contribution is -0.142. The average molecular weight is 597 g/mol. The molecule has 2 heterocycles. The Balaban J connectivity index is 0.000000201. The molecule has 0 radical (unpaired) electrons. The second-order valence-corrected chi connectivity index (χ2v) is 11.7. The summed E-state index contributed by atoms with van der Waals surface area (Å²) >= 11 is 0. The van der Waals surface area contributed by atoms with Crippen molar-refractivity contribution in [1.82, 2.24) is 14.9 Å². The summed E-state index contributed by atoms with van der Waals surface area (Å²) in [5.41, 5.74) is 23.0. The van der Waals surface area contributed by atoms with E-state index >= 15 is 0 Å². The summed E-state index contributed by atoms with van der Waals surface area (Å²) < 4.78 is 0. The van der Waals surface area contributed by atoms with Gasteiger partial charge in [-0.3, -0.25) is 4.79 Å². The minimum absolute atomic E-state index is 0.135. The number of carbonyl (C=O) groups is 1. The Kier molecular flexibility index (Phi) is 11.0. The molecule has 1 aromatic heterocycles. The number of aromatic hydroxyl groups is 1. The molecule has 0 saturated heterocycles. The van der Waals surface area contributed by atoms with Crippen molar-refractivity contribution >= 4 is 11.7 Å². The molecule has 9 nitrogen and oxygen atoms in total. The maximum absolute atomic E-state index is 11.0. The molecule has 232 valence electrons. The molecule has 1 unspecified atom stereocenters. The minimum atomic E-state index is -0.645. The summed E-state index contributed by atoms with van der Waals surface area (Å²) in [5, 5.41) is 19.0. The van der Waals surface area contributed by atoms with Gasteiger partial charge in [0.25, 0.3) is 0 Å². The quantitative estimate of drug-likeness (QED) is 0.183. The molecule has 1 fully saturated rings. The van der Waals surface area contributed by atoms with Gasteiger partial charge < -0.3 is 32.3 Å². The van der Waals surface area contributed by atoms with Gasteiger partial charge in [-0.15, -0.1) is 0 Å². The van der Waals surface area contributed by atoms with E-state index in [1.165, 1.54) is 5.56 Å². The average Bonchev–Trinajstić information content (AvgIpc) is 3.24. The number of carboxylic acid groups (broad SMARTS) is 1. The van der Waals surface area contributed by atoms with Crippen molar-refractivity contribution in [1.29, 1.82) is 0 Å². The number of aliphatic carboxylic acids is 1. The first-order chi connectivity index (χ1) is 21.1. The number of nitrogens with two attached hydrogens (primary N) is 3. The highest BCUT2D eigenvalue weighted by atomic mass is 16.4. The zero-order chi connectivity index (χ0) is 31.6. The Hall–Kier alpha value is -4.79.